The quantitative estimate of drug-likeness (QED) is 0.247. The fourth-order valence-corrected chi connectivity index (χ4v) is 3.20. The Morgan fingerprint density at radius 3 is 2.15 bits per heavy atom. The van der Waals surface area contributed by atoms with E-state index in [0.717, 1.165) is 12.8 Å². The van der Waals surface area contributed by atoms with E-state index in [1.54, 1.807) is 47.6 Å². The number of hydrogen-bond acceptors (Lipinski definition) is 5. The zero-order valence-corrected chi connectivity index (χ0v) is 18.3. The number of hydrogen-bond donors (Lipinski definition) is 1. The lowest BCUT2D eigenvalue weighted by Gasteiger charge is -2.33. The van der Waals surface area contributed by atoms with Crippen molar-refractivity contribution in [3.8, 4) is 0 Å². The molecule has 0 aromatic heterocycles. The molecule has 0 rings (SSSR count). The minimum Gasteiger partial charge on any atom is -0.500 e. The first kappa shape index (κ1) is 25.4. The molecule has 0 aliphatic heterocycles. The molecule has 27 heavy (non-hydrogen) atoms. The Kier molecular flexibility index (Phi) is 10.0. The lowest BCUT2D eigenvalue weighted by molar-refractivity contribution is -0.148. The van der Waals surface area contributed by atoms with Crippen molar-refractivity contribution in [2.24, 2.45) is 17.3 Å². The molecule has 5 nitrogen and oxygen atoms in total. The molecular weight excluding hydrogens is 344 g/mol. The Balaban J connectivity index is 5.52. The number of ether oxygens (including phenoxy) is 2. The Morgan fingerprint density at radius 2 is 1.74 bits per heavy atom. The van der Waals surface area contributed by atoms with Crippen molar-refractivity contribution in [1.82, 2.24) is 0 Å². The van der Waals surface area contributed by atoms with E-state index in [1.165, 1.54) is 13.2 Å². The highest BCUT2D eigenvalue weighted by molar-refractivity contribution is 5.91. The highest BCUT2D eigenvalue weighted by Crippen LogP contribution is 2.34. The summed E-state index contributed by atoms with van der Waals surface area (Å²) in [5.41, 5.74) is -1.71. The van der Waals surface area contributed by atoms with Gasteiger partial charge in [0.2, 0.25) is 0 Å². The number of rotatable bonds is 11. The predicted molar refractivity (Wildman–Crippen MR) is 108 cm³/mol. The van der Waals surface area contributed by atoms with Crippen LogP contribution in [0.2, 0.25) is 0 Å². The molecule has 0 radical (unpaired) electrons. The third-order valence-corrected chi connectivity index (χ3v) is 4.65. The summed E-state index contributed by atoms with van der Waals surface area (Å²) in [5.74, 6) is -1.16. The average molecular weight is 383 g/mol. The molecule has 0 aliphatic rings. The third kappa shape index (κ3) is 7.87. The summed E-state index contributed by atoms with van der Waals surface area (Å²) in [6.45, 7) is 16.2. The lowest BCUT2D eigenvalue weighted by Crippen LogP contribution is -2.40. The van der Waals surface area contributed by atoms with E-state index in [4.69, 9.17) is 9.47 Å². The van der Waals surface area contributed by atoms with Gasteiger partial charge in [-0.3, -0.25) is 4.79 Å². The van der Waals surface area contributed by atoms with Crippen LogP contribution in [0.4, 0.5) is 0 Å². The maximum Gasteiger partial charge on any atom is 0.334 e. The standard InChI is InChI=1S/C22H38O5/c1-10-12-16(13-11-2)19(24)15(3)20(25)22(7,8)17(26-9)14-18(23)27-21(4,5)6/h10,14-16,19,24H,1,11-13H2,2-9H3/b17-14-/t15-,16-,19-/m1/s1. The Bertz CT molecular complexity index is 539. The molecule has 0 bridgehead atoms. The van der Waals surface area contributed by atoms with Crippen molar-refractivity contribution in [2.45, 2.75) is 79.4 Å². The highest BCUT2D eigenvalue weighted by Gasteiger charge is 2.40. The highest BCUT2D eigenvalue weighted by atomic mass is 16.6. The summed E-state index contributed by atoms with van der Waals surface area (Å²) >= 11 is 0. The van der Waals surface area contributed by atoms with Crippen LogP contribution in [0, 0.1) is 17.3 Å². The molecule has 0 unspecified atom stereocenters. The van der Waals surface area contributed by atoms with Gasteiger partial charge in [0.15, 0.2) is 5.78 Å². The van der Waals surface area contributed by atoms with Crippen LogP contribution in [0.1, 0.15) is 67.7 Å². The smallest absolute Gasteiger partial charge is 0.334 e. The number of carbonyl (C=O) groups is 2. The number of ketones is 1. The first-order valence-electron chi connectivity index (χ1n) is 9.64. The second-order valence-corrected chi connectivity index (χ2v) is 8.59. The molecule has 0 aliphatic carbocycles. The molecule has 3 atom stereocenters. The number of esters is 1. The molecule has 0 fully saturated rings. The lowest BCUT2D eigenvalue weighted by atomic mass is 9.74. The van der Waals surface area contributed by atoms with Gasteiger partial charge in [-0.25, -0.2) is 4.79 Å². The zero-order chi connectivity index (χ0) is 21.4. The summed E-state index contributed by atoms with van der Waals surface area (Å²) in [6, 6.07) is 0. The van der Waals surface area contributed by atoms with Crippen LogP contribution in [0.3, 0.4) is 0 Å². The van der Waals surface area contributed by atoms with Crippen LogP contribution in [-0.4, -0.2) is 35.7 Å². The van der Waals surface area contributed by atoms with Gasteiger partial charge in [0.05, 0.1) is 24.7 Å². The van der Waals surface area contributed by atoms with Crippen molar-refractivity contribution in [1.29, 1.82) is 0 Å². The first-order valence-corrected chi connectivity index (χ1v) is 9.64. The Morgan fingerprint density at radius 1 is 1.19 bits per heavy atom. The van der Waals surface area contributed by atoms with Crippen LogP contribution < -0.4 is 0 Å². The fraction of sp³-hybridized carbons (Fsp3) is 0.727. The van der Waals surface area contributed by atoms with E-state index in [0.29, 0.717) is 6.42 Å². The van der Waals surface area contributed by atoms with Gasteiger partial charge in [-0.1, -0.05) is 26.3 Å². The summed E-state index contributed by atoms with van der Waals surface area (Å²) in [4.78, 5) is 25.3. The molecule has 0 aromatic carbocycles. The first-order chi connectivity index (χ1) is 12.3. The van der Waals surface area contributed by atoms with Gasteiger partial charge in [-0.15, -0.1) is 6.58 Å². The van der Waals surface area contributed by atoms with Gasteiger partial charge in [-0.05, 0) is 53.4 Å². The van der Waals surface area contributed by atoms with Gasteiger partial charge in [0.1, 0.15) is 11.4 Å². The fourth-order valence-electron chi connectivity index (χ4n) is 3.20. The third-order valence-electron chi connectivity index (χ3n) is 4.65. The maximum atomic E-state index is 13.1. The minimum absolute atomic E-state index is 0.0249. The van der Waals surface area contributed by atoms with Crippen molar-refractivity contribution >= 4 is 11.8 Å². The van der Waals surface area contributed by atoms with Gasteiger partial charge in [-0.2, -0.15) is 0 Å². The van der Waals surface area contributed by atoms with E-state index in [1.807, 2.05) is 6.92 Å². The molecule has 0 heterocycles. The number of methoxy groups -OCH3 is 1. The van der Waals surface area contributed by atoms with E-state index >= 15 is 0 Å². The number of Topliss-reactive ketones (excluding diaryl/α,β-unsaturated/α-hetero) is 1. The molecule has 5 heteroatoms. The normalized spacial score (nSPS) is 16.3. The number of aliphatic hydroxyl groups excluding tert-OH is 1. The molecule has 0 amide bonds. The molecule has 1 N–H and O–H groups in total. The average Bonchev–Trinajstić information content (AvgIpc) is 2.55. The molecule has 156 valence electrons. The summed E-state index contributed by atoms with van der Waals surface area (Å²) in [7, 11) is 1.42. The molecule has 0 saturated carbocycles. The van der Waals surface area contributed by atoms with E-state index in [-0.39, 0.29) is 17.5 Å². The molecule has 0 saturated heterocycles. The van der Waals surface area contributed by atoms with E-state index in [9.17, 15) is 14.7 Å². The molecular formula is C22H38O5. The second-order valence-electron chi connectivity index (χ2n) is 8.59. The molecule has 0 spiro atoms. The summed E-state index contributed by atoms with van der Waals surface area (Å²) in [5, 5.41) is 10.7. The van der Waals surface area contributed by atoms with Crippen LogP contribution in [-0.2, 0) is 19.1 Å². The van der Waals surface area contributed by atoms with Crippen molar-refractivity contribution in [2.75, 3.05) is 7.11 Å². The largest absolute Gasteiger partial charge is 0.500 e. The monoisotopic (exact) mass is 382 g/mol. The van der Waals surface area contributed by atoms with Crippen LogP contribution >= 0.6 is 0 Å². The van der Waals surface area contributed by atoms with Gasteiger partial charge >= 0.3 is 5.97 Å². The summed E-state index contributed by atoms with van der Waals surface area (Å²) in [6.07, 6.45) is 4.59. The number of allylic oxidation sites excluding steroid dienone is 2. The van der Waals surface area contributed by atoms with Crippen molar-refractivity contribution in [3.05, 3.63) is 24.5 Å². The van der Waals surface area contributed by atoms with Crippen molar-refractivity contribution in [3.63, 3.8) is 0 Å². The van der Waals surface area contributed by atoms with Crippen molar-refractivity contribution < 1.29 is 24.2 Å². The second kappa shape index (κ2) is 10.6. The molecule has 0 aromatic rings. The van der Waals surface area contributed by atoms with Crippen LogP contribution in [0.5, 0.6) is 0 Å². The van der Waals surface area contributed by atoms with Gasteiger partial charge < -0.3 is 14.6 Å². The number of aliphatic hydroxyl groups is 1. The number of carbonyl (C=O) groups excluding carboxylic acids is 2. The van der Waals surface area contributed by atoms with Gasteiger partial charge in [0.25, 0.3) is 0 Å². The van der Waals surface area contributed by atoms with E-state index < -0.39 is 29.0 Å². The predicted octanol–water partition coefficient (Wildman–Crippen LogP) is 4.44. The minimum atomic E-state index is -1.07. The Labute approximate surface area is 164 Å². The SMILES string of the molecule is C=CC[C@H](CCC)[C@H](O)[C@@H](C)C(=O)C(C)(C)/C(=C/C(=O)OC(C)(C)C)OC. The van der Waals surface area contributed by atoms with Crippen LogP contribution in [0.15, 0.2) is 24.5 Å². The van der Waals surface area contributed by atoms with Gasteiger partial charge in [0, 0.05) is 5.92 Å². The summed E-state index contributed by atoms with van der Waals surface area (Å²) < 4.78 is 10.6. The Hall–Kier alpha value is -1.62. The maximum absolute atomic E-state index is 13.1. The van der Waals surface area contributed by atoms with Crippen LogP contribution in [0.25, 0.3) is 0 Å². The topological polar surface area (TPSA) is 72.8 Å². The zero-order valence-electron chi connectivity index (χ0n) is 18.3. The van der Waals surface area contributed by atoms with E-state index in [2.05, 4.69) is 6.58 Å².